The molecule has 1 aliphatic carbocycles. The van der Waals surface area contributed by atoms with E-state index in [1.54, 1.807) is 0 Å². The summed E-state index contributed by atoms with van der Waals surface area (Å²) in [6.45, 7) is 20.3. The summed E-state index contributed by atoms with van der Waals surface area (Å²) in [5.74, 6) is 0. The van der Waals surface area contributed by atoms with Gasteiger partial charge in [0.2, 0.25) is 0 Å². The summed E-state index contributed by atoms with van der Waals surface area (Å²) in [4.78, 5) is 21.4. The van der Waals surface area contributed by atoms with Crippen LogP contribution in [-0.4, -0.2) is 54.0 Å². The number of rotatable bonds is 3. The normalized spacial score (nSPS) is 34.1. The van der Waals surface area contributed by atoms with Crippen LogP contribution in [0.25, 0.3) is 0 Å². The second kappa shape index (κ2) is 8.24. The van der Waals surface area contributed by atoms with Crippen LogP contribution in [-0.2, 0) is 4.74 Å². The zero-order valence-electron chi connectivity index (χ0n) is 19.8. The number of amides is 1. The Morgan fingerprint density at radius 1 is 1.23 bits per heavy atom. The first-order valence-corrected chi connectivity index (χ1v) is 11.2. The maximum absolute atomic E-state index is 12.6. The first-order chi connectivity index (χ1) is 13.9. The van der Waals surface area contributed by atoms with E-state index >= 15 is 0 Å². The van der Waals surface area contributed by atoms with Gasteiger partial charge in [0.25, 0.3) is 0 Å². The van der Waals surface area contributed by atoms with Crippen molar-refractivity contribution in [2.75, 3.05) is 26.2 Å². The smallest absolute Gasteiger partial charge is 0.410 e. The maximum Gasteiger partial charge on any atom is 0.410 e. The van der Waals surface area contributed by atoms with Crippen molar-refractivity contribution < 1.29 is 9.53 Å². The Kier molecular flexibility index (Phi) is 6.22. The SMILES string of the molecule is C=C1/C=C(C)\C(C)=C/CN(C[C@@]2(C)CCC[C@@]3(CN(CC(C)(C)C)C(=O)O3)C2)C=N1. The molecule has 0 aromatic carbocycles. The molecule has 1 amide bonds. The van der Waals surface area contributed by atoms with Gasteiger partial charge in [0, 0.05) is 19.6 Å². The molecular weight excluding hydrogens is 374 g/mol. The number of carbonyl (C=O) groups is 1. The molecule has 0 N–H and O–H groups in total. The zero-order chi connectivity index (χ0) is 22.2. The number of aliphatic imine (C=N–C) groups is 1. The van der Waals surface area contributed by atoms with Crippen molar-refractivity contribution in [3.05, 3.63) is 35.6 Å². The number of nitrogens with zero attached hydrogens (tertiary/aromatic N) is 3. The van der Waals surface area contributed by atoms with Crippen LogP contribution < -0.4 is 0 Å². The lowest BCUT2D eigenvalue weighted by atomic mass is 9.68. The number of ether oxygens (including phenoxy) is 1. The Bertz CT molecular complexity index is 789. The minimum Gasteiger partial charge on any atom is -0.441 e. The van der Waals surface area contributed by atoms with Gasteiger partial charge in [-0.1, -0.05) is 45.9 Å². The summed E-state index contributed by atoms with van der Waals surface area (Å²) < 4.78 is 6.05. The molecule has 0 radical (unpaired) electrons. The predicted molar refractivity (Wildman–Crippen MR) is 124 cm³/mol. The molecule has 3 rings (SSSR count). The van der Waals surface area contributed by atoms with E-state index in [0.717, 1.165) is 51.0 Å². The van der Waals surface area contributed by atoms with Crippen LogP contribution in [0.3, 0.4) is 0 Å². The van der Waals surface area contributed by atoms with E-state index in [1.165, 1.54) is 11.1 Å². The lowest BCUT2D eigenvalue weighted by Crippen LogP contribution is -2.48. The number of carbonyl (C=O) groups excluding carboxylic acids is 1. The van der Waals surface area contributed by atoms with Crippen molar-refractivity contribution in [3.8, 4) is 0 Å². The van der Waals surface area contributed by atoms with Crippen LogP contribution in [0.1, 0.15) is 67.2 Å². The van der Waals surface area contributed by atoms with Gasteiger partial charge in [-0.05, 0) is 62.0 Å². The number of hydrogen-bond donors (Lipinski definition) is 0. The van der Waals surface area contributed by atoms with E-state index in [1.807, 2.05) is 17.3 Å². The van der Waals surface area contributed by atoms with Gasteiger partial charge in [-0.3, -0.25) is 0 Å². The predicted octanol–water partition coefficient (Wildman–Crippen LogP) is 5.55. The van der Waals surface area contributed by atoms with Crippen LogP contribution in [0.4, 0.5) is 4.79 Å². The molecule has 0 bridgehead atoms. The second-order valence-electron chi connectivity index (χ2n) is 11.2. The van der Waals surface area contributed by atoms with Crippen molar-refractivity contribution in [2.45, 2.75) is 72.8 Å². The molecule has 1 saturated heterocycles. The third-order valence-electron chi connectivity index (χ3n) is 6.48. The van der Waals surface area contributed by atoms with Crippen LogP contribution in [0.5, 0.6) is 0 Å². The molecule has 2 atom stereocenters. The maximum atomic E-state index is 12.6. The molecule has 0 unspecified atom stereocenters. The largest absolute Gasteiger partial charge is 0.441 e. The van der Waals surface area contributed by atoms with Gasteiger partial charge in [-0.25, -0.2) is 9.79 Å². The Balaban J connectivity index is 1.72. The highest BCUT2D eigenvalue weighted by Crippen LogP contribution is 2.46. The molecule has 0 aromatic rings. The molecule has 2 fully saturated rings. The summed E-state index contributed by atoms with van der Waals surface area (Å²) in [5.41, 5.74) is 3.04. The molecule has 2 heterocycles. The minimum absolute atomic E-state index is 0.0702. The summed E-state index contributed by atoms with van der Waals surface area (Å²) in [6, 6.07) is 0. The van der Waals surface area contributed by atoms with Crippen molar-refractivity contribution in [3.63, 3.8) is 0 Å². The molecule has 1 saturated carbocycles. The van der Waals surface area contributed by atoms with E-state index in [4.69, 9.17) is 4.74 Å². The third-order valence-corrected chi connectivity index (χ3v) is 6.48. The summed E-state index contributed by atoms with van der Waals surface area (Å²) in [7, 11) is 0. The molecule has 0 aromatic heterocycles. The second-order valence-corrected chi connectivity index (χ2v) is 11.2. The average Bonchev–Trinajstić information content (AvgIpc) is 2.90. The quantitative estimate of drug-likeness (QED) is 0.609. The van der Waals surface area contributed by atoms with Gasteiger partial charge in [0.05, 0.1) is 18.6 Å². The van der Waals surface area contributed by atoms with Gasteiger partial charge < -0.3 is 14.5 Å². The fourth-order valence-electron chi connectivity index (χ4n) is 5.15. The van der Waals surface area contributed by atoms with Gasteiger partial charge in [0.1, 0.15) is 5.60 Å². The molecule has 30 heavy (non-hydrogen) atoms. The Labute approximate surface area is 182 Å². The summed E-state index contributed by atoms with van der Waals surface area (Å²) in [6.07, 6.45) is 10.2. The first-order valence-electron chi connectivity index (χ1n) is 11.2. The molecule has 166 valence electrons. The molecule has 3 aliphatic rings. The average molecular weight is 414 g/mol. The topological polar surface area (TPSA) is 45.1 Å². The van der Waals surface area contributed by atoms with Crippen molar-refractivity contribution in [1.29, 1.82) is 0 Å². The van der Waals surface area contributed by atoms with Crippen LogP contribution >= 0.6 is 0 Å². The summed E-state index contributed by atoms with van der Waals surface area (Å²) in [5, 5.41) is 0. The summed E-state index contributed by atoms with van der Waals surface area (Å²) >= 11 is 0. The van der Waals surface area contributed by atoms with Crippen LogP contribution in [0, 0.1) is 10.8 Å². The third kappa shape index (κ3) is 5.55. The standard InChI is InChI=1S/C25H39N3O2/c1-19-9-12-27(18-26-21(3)13-20(19)2)16-24(7)10-8-11-25(14-24)17-28(22(29)30-25)15-23(4,5)6/h9,13,18H,3,8,10-12,14-17H2,1-2,4-7H3/b19-9-,20-13-,26-18?/t24-,25-/m0/s1. The van der Waals surface area contributed by atoms with Gasteiger partial charge >= 0.3 is 6.09 Å². The Hall–Kier alpha value is -2.04. The molecule has 5 nitrogen and oxygen atoms in total. The highest BCUT2D eigenvalue weighted by Gasteiger charge is 2.51. The minimum atomic E-state index is -0.348. The lowest BCUT2D eigenvalue weighted by molar-refractivity contribution is -0.0268. The van der Waals surface area contributed by atoms with Gasteiger partial charge in [-0.2, -0.15) is 0 Å². The molecule has 1 spiro atoms. The van der Waals surface area contributed by atoms with E-state index in [2.05, 4.69) is 64.1 Å². The Morgan fingerprint density at radius 2 is 1.97 bits per heavy atom. The highest BCUT2D eigenvalue weighted by atomic mass is 16.6. The first kappa shape index (κ1) is 22.6. The zero-order valence-corrected chi connectivity index (χ0v) is 19.8. The fourth-order valence-corrected chi connectivity index (χ4v) is 5.15. The highest BCUT2D eigenvalue weighted by molar-refractivity contribution is 5.71. The van der Waals surface area contributed by atoms with Crippen LogP contribution in [0.2, 0.25) is 0 Å². The Morgan fingerprint density at radius 3 is 2.67 bits per heavy atom. The van der Waals surface area contributed by atoms with E-state index in [0.29, 0.717) is 6.54 Å². The van der Waals surface area contributed by atoms with Gasteiger partial charge in [-0.15, -0.1) is 0 Å². The molecule has 5 heteroatoms. The van der Waals surface area contributed by atoms with E-state index < -0.39 is 0 Å². The lowest BCUT2D eigenvalue weighted by Gasteiger charge is -2.44. The number of allylic oxidation sites excluding steroid dienone is 3. The van der Waals surface area contributed by atoms with Crippen molar-refractivity contribution in [2.24, 2.45) is 15.8 Å². The molecular formula is C25H39N3O2. The van der Waals surface area contributed by atoms with Crippen molar-refractivity contribution >= 4 is 12.4 Å². The van der Waals surface area contributed by atoms with Crippen LogP contribution in [0.15, 0.2) is 40.6 Å². The van der Waals surface area contributed by atoms with E-state index in [9.17, 15) is 4.79 Å². The number of hydrogen-bond acceptors (Lipinski definition) is 4. The molecule has 2 aliphatic heterocycles. The van der Waals surface area contributed by atoms with Gasteiger partial charge in [0.15, 0.2) is 0 Å². The monoisotopic (exact) mass is 413 g/mol. The van der Waals surface area contributed by atoms with Crippen molar-refractivity contribution in [1.82, 2.24) is 9.80 Å². The fraction of sp³-hybridized carbons (Fsp3) is 0.680. The van der Waals surface area contributed by atoms with E-state index in [-0.39, 0.29) is 22.5 Å².